The standard InChI is InChI=1S/C64H34N4O2/c65-35-43-17-18-44(36-66)64(68-54-28-24-40(32-52(54)62-46-12-4-2-10-38(46)22-30-56(62)68)42-20-26-50-48-14-6-8-16-58(48)70-60(50)34-42)63(43)67-53-27-23-39(31-51(53)61-45-11-3-1-9-37(45)21-29-55(61)67)41-19-25-49-47-13-5-7-15-57(47)69-59(49)33-41/h1-34H. The van der Waals surface area contributed by atoms with E-state index >= 15 is 0 Å². The van der Waals surface area contributed by atoms with Crippen LogP contribution in [0.5, 0.6) is 0 Å². The predicted octanol–water partition coefficient (Wildman–Crippen LogP) is 17.1. The van der Waals surface area contributed by atoms with Gasteiger partial charge in [-0.15, -0.1) is 0 Å². The fraction of sp³-hybridized carbons (Fsp3) is 0. The van der Waals surface area contributed by atoms with Crippen LogP contribution in [0.15, 0.2) is 215 Å². The van der Waals surface area contributed by atoms with Crippen molar-refractivity contribution in [2.45, 2.75) is 0 Å². The fourth-order valence-corrected chi connectivity index (χ4v) is 11.4. The Bertz CT molecular complexity index is 4560. The van der Waals surface area contributed by atoms with Gasteiger partial charge >= 0.3 is 0 Å². The lowest BCUT2D eigenvalue weighted by molar-refractivity contribution is 0.668. The molecule has 0 aliphatic carbocycles. The first-order valence-corrected chi connectivity index (χ1v) is 23.3. The highest BCUT2D eigenvalue weighted by atomic mass is 16.3. The monoisotopic (exact) mass is 890 g/mol. The van der Waals surface area contributed by atoms with Crippen molar-refractivity contribution in [2.24, 2.45) is 0 Å². The van der Waals surface area contributed by atoms with Gasteiger partial charge in [-0.2, -0.15) is 10.5 Å². The maximum absolute atomic E-state index is 11.2. The van der Waals surface area contributed by atoms with Crippen molar-refractivity contribution in [1.29, 1.82) is 10.5 Å². The molecule has 15 aromatic rings. The van der Waals surface area contributed by atoms with E-state index in [1.807, 2.05) is 36.4 Å². The molecular formula is C64H34N4O2. The van der Waals surface area contributed by atoms with Gasteiger partial charge in [-0.3, -0.25) is 0 Å². The predicted molar refractivity (Wildman–Crippen MR) is 285 cm³/mol. The Morgan fingerprint density at radius 2 is 0.671 bits per heavy atom. The lowest BCUT2D eigenvalue weighted by atomic mass is 9.99. The number of aromatic nitrogens is 2. The number of fused-ring (bicyclic) bond motifs is 16. The van der Waals surface area contributed by atoms with Crippen LogP contribution in [0.4, 0.5) is 0 Å². The molecular weight excluding hydrogens is 857 g/mol. The van der Waals surface area contributed by atoms with Gasteiger partial charge in [-0.05, 0) is 129 Å². The molecule has 0 N–H and O–H groups in total. The molecule has 0 fully saturated rings. The number of para-hydroxylation sites is 2. The van der Waals surface area contributed by atoms with E-state index in [2.05, 4.69) is 179 Å². The molecule has 0 amide bonds. The van der Waals surface area contributed by atoms with Crippen molar-refractivity contribution in [3.63, 3.8) is 0 Å². The van der Waals surface area contributed by atoms with Gasteiger partial charge in [0.15, 0.2) is 0 Å². The van der Waals surface area contributed by atoms with E-state index in [0.29, 0.717) is 22.5 Å². The van der Waals surface area contributed by atoms with Gasteiger partial charge in [-0.1, -0.05) is 121 Å². The normalized spacial score (nSPS) is 12.0. The van der Waals surface area contributed by atoms with Gasteiger partial charge in [0, 0.05) is 43.1 Å². The lowest BCUT2D eigenvalue weighted by Gasteiger charge is -2.19. The van der Waals surface area contributed by atoms with Crippen LogP contribution in [0.25, 0.3) is 143 Å². The van der Waals surface area contributed by atoms with E-state index in [4.69, 9.17) is 8.83 Å². The molecule has 0 spiro atoms. The molecule has 4 aromatic heterocycles. The number of hydrogen-bond donors (Lipinski definition) is 0. The molecule has 0 unspecified atom stereocenters. The zero-order chi connectivity index (χ0) is 46.2. The summed E-state index contributed by atoms with van der Waals surface area (Å²) in [6.45, 7) is 0. The minimum Gasteiger partial charge on any atom is -0.456 e. The Kier molecular flexibility index (Phi) is 7.82. The minimum absolute atomic E-state index is 0.451. The number of benzene rings is 11. The highest BCUT2D eigenvalue weighted by Crippen LogP contribution is 2.46. The second kappa shape index (κ2) is 14.3. The van der Waals surface area contributed by atoms with Gasteiger partial charge in [0.1, 0.15) is 34.5 Å². The first-order chi connectivity index (χ1) is 34.6. The van der Waals surface area contributed by atoms with Crippen molar-refractivity contribution in [2.75, 3.05) is 0 Å². The third-order valence-electron chi connectivity index (χ3n) is 14.6. The van der Waals surface area contributed by atoms with Gasteiger partial charge in [0.25, 0.3) is 0 Å². The zero-order valence-corrected chi connectivity index (χ0v) is 37.2. The summed E-state index contributed by atoms with van der Waals surface area (Å²) in [6.07, 6.45) is 0. The van der Waals surface area contributed by atoms with Crippen molar-refractivity contribution in [1.82, 2.24) is 9.13 Å². The van der Waals surface area contributed by atoms with Gasteiger partial charge < -0.3 is 18.0 Å². The average Bonchev–Trinajstić information content (AvgIpc) is 4.17. The molecule has 70 heavy (non-hydrogen) atoms. The highest BCUT2D eigenvalue weighted by Gasteiger charge is 2.27. The summed E-state index contributed by atoms with van der Waals surface area (Å²) >= 11 is 0. The molecule has 0 bridgehead atoms. The van der Waals surface area contributed by atoms with Crippen LogP contribution in [-0.2, 0) is 0 Å². The van der Waals surface area contributed by atoms with Crippen molar-refractivity contribution < 1.29 is 8.83 Å². The molecule has 0 saturated carbocycles. The lowest BCUT2D eigenvalue weighted by Crippen LogP contribution is -2.08. The largest absolute Gasteiger partial charge is 0.456 e. The molecule has 0 atom stereocenters. The Balaban J connectivity index is 1.02. The third kappa shape index (κ3) is 5.30. The molecule has 6 nitrogen and oxygen atoms in total. The maximum Gasteiger partial charge on any atom is 0.136 e. The summed E-state index contributed by atoms with van der Waals surface area (Å²) in [5.41, 5.74) is 13.4. The SMILES string of the molecule is N#Cc1ccc(C#N)c(-n2c3ccc(-c4ccc5c(c4)oc4ccccc45)cc3c3c4ccccc4ccc32)c1-n1c2ccc(-c3ccc4c(c3)oc3ccccc34)cc2c2c3ccccc3ccc21. The summed E-state index contributed by atoms with van der Waals surface area (Å²) in [5, 5.41) is 35.4. The molecule has 322 valence electrons. The molecule has 6 heteroatoms. The number of rotatable bonds is 4. The smallest absolute Gasteiger partial charge is 0.136 e. The van der Waals surface area contributed by atoms with E-state index < -0.39 is 0 Å². The van der Waals surface area contributed by atoms with Gasteiger partial charge in [0.2, 0.25) is 0 Å². The van der Waals surface area contributed by atoms with Gasteiger partial charge in [-0.25, -0.2) is 0 Å². The van der Waals surface area contributed by atoms with E-state index in [1.54, 1.807) is 12.1 Å². The zero-order valence-electron chi connectivity index (χ0n) is 37.2. The molecule has 0 radical (unpaired) electrons. The summed E-state index contributed by atoms with van der Waals surface area (Å²) in [7, 11) is 0. The maximum atomic E-state index is 11.2. The Morgan fingerprint density at radius 3 is 1.13 bits per heavy atom. The second-order valence-electron chi connectivity index (χ2n) is 18.2. The Morgan fingerprint density at radius 1 is 0.300 bits per heavy atom. The van der Waals surface area contributed by atoms with Crippen molar-refractivity contribution in [3.05, 3.63) is 217 Å². The van der Waals surface area contributed by atoms with E-state index in [-0.39, 0.29) is 0 Å². The molecule has 0 saturated heterocycles. The molecule has 4 heterocycles. The van der Waals surface area contributed by atoms with Crippen LogP contribution in [0, 0.1) is 22.7 Å². The van der Waals surface area contributed by atoms with E-state index in [0.717, 1.165) is 131 Å². The summed E-state index contributed by atoms with van der Waals surface area (Å²) < 4.78 is 17.2. The summed E-state index contributed by atoms with van der Waals surface area (Å²) in [4.78, 5) is 0. The van der Waals surface area contributed by atoms with Crippen LogP contribution < -0.4 is 0 Å². The number of furan rings is 2. The Hall–Kier alpha value is -9.88. The number of nitriles is 2. The number of nitrogens with zero attached hydrogens (tertiary/aromatic N) is 4. The van der Waals surface area contributed by atoms with Crippen molar-refractivity contribution >= 4 is 109 Å². The van der Waals surface area contributed by atoms with Crippen LogP contribution >= 0.6 is 0 Å². The minimum atomic E-state index is 0.451. The second-order valence-corrected chi connectivity index (χ2v) is 18.2. The Labute approximate surface area is 398 Å². The third-order valence-corrected chi connectivity index (χ3v) is 14.6. The topological polar surface area (TPSA) is 83.7 Å². The fourth-order valence-electron chi connectivity index (χ4n) is 11.4. The van der Waals surface area contributed by atoms with Crippen LogP contribution in [0.1, 0.15) is 11.1 Å². The first-order valence-electron chi connectivity index (χ1n) is 23.3. The van der Waals surface area contributed by atoms with Gasteiger partial charge in [0.05, 0.1) is 44.6 Å². The van der Waals surface area contributed by atoms with Crippen LogP contribution in [-0.4, -0.2) is 9.13 Å². The van der Waals surface area contributed by atoms with Crippen LogP contribution in [0.2, 0.25) is 0 Å². The molecule has 0 aliphatic heterocycles. The van der Waals surface area contributed by atoms with Crippen LogP contribution in [0.3, 0.4) is 0 Å². The first kappa shape index (κ1) is 38.2. The average molecular weight is 891 g/mol. The summed E-state index contributed by atoms with van der Waals surface area (Å²) in [6, 6.07) is 76.7. The van der Waals surface area contributed by atoms with E-state index in [9.17, 15) is 10.5 Å². The molecule has 0 aliphatic rings. The van der Waals surface area contributed by atoms with E-state index in [1.165, 1.54) is 0 Å². The number of hydrogen-bond acceptors (Lipinski definition) is 4. The van der Waals surface area contributed by atoms with Crippen molar-refractivity contribution in [3.8, 4) is 45.8 Å². The highest BCUT2D eigenvalue weighted by molar-refractivity contribution is 6.24. The summed E-state index contributed by atoms with van der Waals surface area (Å²) in [5.74, 6) is 0. The quantitative estimate of drug-likeness (QED) is 0.176. The molecule has 15 rings (SSSR count). The molecule has 11 aromatic carbocycles.